The number of hydrogen-bond acceptors (Lipinski definition) is 4. The Hall–Kier alpha value is -0.810. The molecule has 2 atom stereocenters. The molecular formula is C12H26N2O3. The lowest BCUT2D eigenvalue weighted by Gasteiger charge is -2.35. The summed E-state index contributed by atoms with van der Waals surface area (Å²) in [6.45, 7) is 11.1. The molecule has 1 amide bonds. The molecular weight excluding hydrogens is 220 g/mol. The molecule has 0 heterocycles. The summed E-state index contributed by atoms with van der Waals surface area (Å²) >= 11 is 0. The Morgan fingerprint density at radius 1 is 1.29 bits per heavy atom. The zero-order valence-electron chi connectivity index (χ0n) is 11.7. The van der Waals surface area contributed by atoms with E-state index in [-0.39, 0.29) is 18.1 Å². The van der Waals surface area contributed by atoms with E-state index in [1.54, 1.807) is 20.8 Å². The number of ether oxygens (including phenoxy) is 1. The topological polar surface area (TPSA) is 84.6 Å². The molecule has 102 valence electrons. The van der Waals surface area contributed by atoms with Gasteiger partial charge >= 0.3 is 6.09 Å². The van der Waals surface area contributed by atoms with Crippen LogP contribution < -0.4 is 11.1 Å². The van der Waals surface area contributed by atoms with Crippen LogP contribution in [0.4, 0.5) is 4.79 Å². The SMILES string of the molecule is CC(C)(C)OC(=O)NC(C(N)CO)C(C)(C)C. The second kappa shape index (κ2) is 5.69. The number of amides is 1. The van der Waals surface area contributed by atoms with Gasteiger partial charge in [-0.1, -0.05) is 20.8 Å². The van der Waals surface area contributed by atoms with Crippen LogP contribution in [0.1, 0.15) is 41.5 Å². The van der Waals surface area contributed by atoms with Crippen molar-refractivity contribution >= 4 is 6.09 Å². The summed E-state index contributed by atoms with van der Waals surface area (Å²) in [6, 6.07) is -0.857. The number of alkyl carbamates (subject to hydrolysis) is 1. The first kappa shape index (κ1) is 16.2. The van der Waals surface area contributed by atoms with E-state index in [0.29, 0.717) is 0 Å². The Morgan fingerprint density at radius 3 is 2.06 bits per heavy atom. The van der Waals surface area contributed by atoms with E-state index in [2.05, 4.69) is 5.32 Å². The fourth-order valence-electron chi connectivity index (χ4n) is 1.51. The van der Waals surface area contributed by atoms with E-state index in [0.717, 1.165) is 0 Å². The minimum absolute atomic E-state index is 0.183. The average molecular weight is 246 g/mol. The molecule has 17 heavy (non-hydrogen) atoms. The first-order valence-electron chi connectivity index (χ1n) is 5.83. The molecule has 4 N–H and O–H groups in total. The van der Waals surface area contributed by atoms with Gasteiger partial charge in [0.2, 0.25) is 0 Å². The molecule has 0 aromatic rings. The number of aliphatic hydroxyl groups is 1. The lowest BCUT2D eigenvalue weighted by molar-refractivity contribution is 0.0433. The predicted molar refractivity (Wildman–Crippen MR) is 67.7 cm³/mol. The Labute approximate surface area is 104 Å². The van der Waals surface area contributed by atoms with E-state index in [1.807, 2.05) is 20.8 Å². The maximum atomic E-state index is 11.7. The quantitative estimate of drug-likeness (QED) is 0.699. The van der Waals surface area contributed by atoms with Gasteiger partial charge in [-0.3, -0.25) is 0 Å². The van der Waals surface area contributed by atoms with Crippen molar-refractivity contribution in [2.75, 3.05) is 6.61 Å². The Bertz CT molecular complexity index is 253. The molecule has 0 aromatic carbocycles. The van der Waals surface area contributed by atoms with Crippen LogP contribution in [0.15, 0.2) is 0 Å². The van der Waals surface area contributed by atoms with Gasteiger partial charge in [0.25, 0.3) is 0 Å². The van der Waals surface area contributed by atoms with E-state index in [4.69, 9.17) is 15.6 Å². The van der Waals surface area contributed by atoms with Gasteiger partial charge in [-0.05, 0) is 26.2 Å². The zero-order chi connectivity index (χ0) is 13.9. The molecule has 0 aliphatic heterocycles. The van der Waals surface area contributed by atoms with Crippen LogP contribution in [0.5, 0.6) is 0 Å². The molecule has 0 radical (unpaired) electrons. The molecule has 5 nitrogen and oxygen atoms in total. The first-order valence-corrected chi connectivity index (χ1v) is 5.83. The van der Waals surface area contributed by atoms with E-state index < -0.39 is 17.7 Å². The van der Waals surface area contributed by atoms with Gasteiger partial charge in [0.15, 0.2) is 0 Å². The largest absolute Gasteiger partial charge is 0.444 e. The second-order valence-electron chi connectivity index (χ2n) is 6.34. The third kappa shape index (κ3) is 6.48. The van der Waals surface area contributed by atoms with Crippen molar-refractivity contribution in [3.63, 3.8) is 0 Å². The molecule has 2 unspecified atom stereocenters. The van der Waals surface area contributed by atoms with Crippen LogP contribution in [0.25, 0.3) is 0 Å². The summed E-state index contributed by atoms with van der Waals surface area (Å²) in [5.74, 6) is 0. The van der Waals surface area contributed by atoms with Crippen molar-refractivity contribution in [2.45, 2.75) is 59.2 Å². The summed E-state index contributed by atoms with van der Waals surface area (Å²) < 4.78 is 5.17. The fourth-order valence-corrected chi connectivity index (χ4v) is 1.51. The number of carbonyl (C=O) groups is 1. The number of aliphatic hydroxyl groups excluding tert-OH is 1. The van der Waals surface area contributed by atoms with Crippen molar-refractivity contribution in [1.82, 2.24) is 5.32 Å². The summed E-state index contributed by atoms with van der Waals surface area (Å²) in [4.78, 5) is 11.7. The summed E-state index contributed by atoms with van der Waals surface area (Å²) in [6.07, 6.45) is -0.513. The molecule has 0 aliphatic carbocycles. The number of nitrogens with one attached hydrogen (secondary N) is 1. The number of hydrogen-bond donors (Lipinski definition) is 3. The highest BCUT2D eigenvalue weighted by atomic mass is 16.6. The zero-order valence-corrected chi connectivity index (χ0v) is 11.7. The van der Waals surface area contributed by atoms with E-state index in [9.17, 15) is 4.79 Å². The van der Waals surface area contributed by atoms with Crippen LogP contribution in [-0.4, -0.2) is 35.5 Å². The molecule has 0 aromatic heterocycles. The van der Waals surface area contributed by atoms with Crippen LogP contribution in [-0.2, 0) is 4.74 Å². The molecule has 0 bridgehead atoms. The minimum atomic E-state index is -0.546. The smallest absolute Gasteiger partial charge is 0.407 e. The van der Waals surface area contributed by atoms with Crippen LogP contribution in [0.2, 0.25) is 0 Å². The van der Waals surface area contributed by atoms with Crippen molar-refractivity contribution in [3.05, 3.63) is 0 Å². The molecule has 5 heteroatoms. The second-order valence-corrected chi connectivity index (χ2v) is 6.34. The lowest BCUT2D eigenvalue weighted by atomic mass is 9.83. The molecule has 0 saturated carbocycles. The minimum Gasteiger partial charge on any atom is -0.444 e. The van der Waals surface area contributed by atoms with Gasteiger partial charge in [-0.25, -0.2) is 4.79 Å². The van der Waals surface area contributed by atoms with Gasteiger partial charge in [-0.15, -0.1) is 0 Å². The maximum Gasteiger partial charge on any atom is 0.407 e. The average Bonchev–Trinajstić information content (AvgIpc) is 2.08. The summed E-state index contributed by atoms with van der Waals surface area (Å²) in [5, 5.41) is 11.8. The van der Waals surface area contributed by atoms with Gasteiger partial charge in [0.05, 0.1) is 12.6 Å². The monoisotopic (exact) mass is 246 g/mol. The third-order valence-electron chi connectivity index (χ3n) is 2.24. The number of nitrogens with two attached hydrogens (primary N) is 1. The Balaban J connectivity index is 4.61. The van der Waals surface area contributed by atoms with E-state index >= 15 is 0 Å². The van der Waals surface area contributed by atoms with E-state index in [1.165, 1.54) is 0 Å². The first-order chi connectivity index (χ1) is 7.47. The maximum absolute atomic E-state index is 11.7. The molecule has 0 saturated heterocycles. The molecule has 0 fully saturated rings. The lowest BCUT2D eigenvalue weighted by Crippen LogP contribution is -2.56. The van der Waals surface area contributed by atoms with Gasteiger partial charge in [0.1, 0.15) is 5.60 Å². The van der Waals surface area contributed by atoms with Gasteiger partial charge in [-0.2, -0.15) is 0 Å². The van der Waals surface area contributed by atoms with Gasteiger partial charge < -0.3 is 20.9 Å². The highest BCUT2D eigenvalue weighted by Gasteiger charge is 2.32. The van der Waals surface area contributed by atoms with Crippen molar-refractivity contribution in [3.8, 4) is 0 Å². The standard InChI is InChI=1S/C12H26N2O3/c1-11(2,3)9(8(13)7-15)14-10(16)17-12(4,5)6/h8-9,15H,7,13H2,1-6H3,(H,14,16). The van der Waals surface area contributed by atoms with Crippen molar-refractivity contribution < 1.29 is 14.6 Å². The van der Waals surface area contributed by atoms with Crippen LogP contribution in [0, 0.1) is 5.41 Å². The normalized spacial score (nSPS) is 16.2. The fraction of sp³-hybridized carbons (Fsp3) is 0.917. The third-order valence-corrected chi connectivity index (χ3v) is 2.24. The van der Waals surface area contributed by atoms with Crippen LogP contribution in [0.3, 0.4) is 0 Å². The molecule has 0 spiro atoms. The Morgan fingerprint density at radius 2 is 1.76 bits per heavy atom. The predicted octanol–water partition coefficient (Wildman–Crippen LogP) is 1.25. The number of carbonyl (C=O) groups excluding carboxylic acids is 1. The highest BCUT2D eigenvalue weighted by molar-refractivity contribution is 5.68. The van der Waals surface area contributed by atoms with Crippen LogP contribution >= 0.6 is 0 Å². The summed E-state index contributed by atoms with van der Waals surface area (Å²) in [7, 11) is 0. The van der Waals surface area contributed by atoms with Crippen molar-refractivity contribution in [2.24, 2.45) is 11.1 Å². The van der Waals surface area contributed by atoms with Crippen molar-refractivity contribution in [1.29, 1.82) is 0 Å². The number of rotatable bonds is 3. The Kier molecular flexibility index (Phi) is 5.42. The summed E-state index contributed by atoms with van der Waals surface area (Å²) in [5.41, 5.74) is 5.00. The molecule has 0 rings (SSSR count). The van der Waals surface area contributed by atoms with Gasteiger partial charge in [0, 0.05) is 6.04 Å². The molecule has 0 aliphatic rings. The highest BCUT2D eigenvalue weighted by Crippen LogP contribution is 2.21.